The molecule has 144 valence electrons. The number of nitrogens with zero attached hydrogens (tertiary/aromatic N) is 1. The number of amides is 3. The molecule has 0 spiro atoms. The van der Waals surface area contributed by atoms with Crippen LogP contribution in [0.25, 0.3) is 10.9 Å². The maximum Gasteiger partial charge on any atom is 0.321 e. The normalized spacial score (nSPS) is 11.8. The number of likely N-dealkylation sites (N-methyl/N-ethyl adjacent to an activating group) is 1. The molecule has 1 unspecified atom stereocenters. The first-order valence-electron chi connectivity index (χ1n) is 8.92. The fourth-order valence-electron chi connectivity index (χ4n) is 2.83. The van der Waals surface area contributed by atoms with E-state index >= 15 is 0 Å². The van der Waals surface area contributed by atoms with Crippen LogP contribution in [0.3, 0.4) is 0 Å². The van der Waals surface area contributed by atoms with E-state index in [9.17, 15) is 14.4 Å². The molecule has 1 aromatic heterocycles. The van der Waals surface area contributed by atoms with Gasteiger partial charge in [0.2, 0.25) is 0 Å². The number of aromatic nitrogens is 2. The van der Waals surface area contributed by atoms with Gasteiger partial charge >= 0.3 is 6.03 Å². The molecule has 0 aliphatic carbocycles. The monoisotopic (exact) mass is 380 g/mol. The average molecular weight is 380 g/mol. The van der Waals surface area contributed by atoms with Crippen LogP contribution in [0.4, 0.5) is 4.79 Å². The summed E-state index contributed by atoms with van der Waals surface area (Å²) in [6.45, 7) is 0.749. The van der Waals surface area contributed by atoms with Gasteiger partial charge in [-0.1, -0.05) is 42.5 Å². The molecular weight excluding hydrogens is 358 g/mol. The lowest BCUT2D eigenvalue weighted by atomic mass is 10.2. The molecule has 3 aromatic rings. The van der Waals surface area contributed by atoms with E-state index in [2.05, 4.69) is 20.6 Å². The number of hydrogen-bond acceptors (Lipinski definition) is 4. The molecular formula is C20H22N5O3+. The molecule has 8 nitrogen and oxygen atoms in total. The topological polar surface area (TPSA) is 108 Å². The van der Waals surface area contributed by atoms with Crippen molar-refractivity contribution in [1.82, 2.24) is 20.6 Å². The predicted molar refractivity (Wildman–Crippen MR) is 105 cm³/mol. The summed E-state index contributed by atoms with van der Waals surface area (Å²) in [4.78, 5) is 43.9. The first kappa shape index (κ1) is 19.2. The highest BCUT2D eigenvalue weighted by atomic mass is 16.2. The van der Waals surface area contributed by atoms with Crippen LogP contribution < -0.4 is 21.1 Å². The van der Waals surface area contributed by atoms with Gasteiger partial charge in [-0.05, 0) is 17.7 Å². The van der Waals surface area contributed by atoms with Crippen molar-refractivity contribution in [1.29, 1.82) is 0 Å². The lowest BCUT2D eigenvalue weighted by Gasteiger charge is -2.13. The molecule has 0 saturated carbocycles. The van der Waals surface area contributed by atoms with Crippen LogP contribution in [0.5, 0.6) is 0 Å². The third-order valence-electron chi connectivity index (χ3n) is 4.14. The largest absolute Gasteiger partial charge is 0.334 e. The van der Waals surface area contributed by atoms with Gasteiger partial charge in [0.25, 0.3) is 11.5 Å². The zero-order valence-corrected chi connectivity index (χ0v) is 15.5. The van der Waals surface area contributed by atoms with Gasteiger partial charge in [-0.15, -0.1) is 0 Å². The molecule has 3 rings (SSSR count). The highest BCUT2D eigenvalue weighted by Gasteiger charge is 2.15. The quantitative estimate of drug-likeness (QED) is 0.481. The second kappa shape index (κ2) is 8.92. The van der Waals surface area contributed by atoms with E-state index in [1.54, 1.807) is 25.2 Å². The SMILES string of the molecule is C[NH+](CC(=O)NC(=O)NCc1ccccc1)Cc1nc2ccccc2c(=O)[nH]1. The number of urea groups is 1. The van der Waals surface area contributed by atoms with Crippen LogP contribution in [0.1, 0.15) is 11.4 Å². The number of aromatic amines is 1. The van der Waals surface area contributed by atoms with Crippen molar-refractivity contribution < 1.29 is 14.5 Å². The Hall–Kier alpha value is -3.52. The molecule has 0 bridgehead atoms. The Bertz CT molecular complexity index is 1030. The van der Waals surface area contributed by atoms with E-state index in [1.807, 2.05) is 36.4 Å². The zero-order valence-electron chi connectivity index (χ0n) is 15.5. The van der Waals surface area contributed by atoms with E-state index in [4.69, 9.17) is 0 Å². The lowest BCUT2D eigenvalue weighted by Crippen LogP contribution is -3.09. The number of nitrogens with one attached hydrogen (secondary N) is 4. The van der Waals surface area contributed by atoms with Crippen LogP contribution in [-0.4, -0.2) is 35.5 Å². The molecule has 0 aliphatic rings. The number of quaternary nitrogens is 1. The highest BCUT2D eigenvalue weighted by molar-refractivity contribution is 5.94. The number of benzene rings is 2. The Kier molecular flexibility index (Phi) is 6.13. The number of hydrogen-bond donors (Lipinski definition) is 4. The van der Waals surface area contributed by atoms with Gasteiger partial charge in [0.05, 0.1) is 18.0 Å². The number of carbonyl (C=O) groups is 2. The number of fused-ring (bicyclic) bond motifs is 1. The Labute approximate surface area is 161 Å². The molecule has 8 heteroatoms. The van der Waals surface area contributed by atoms with Crippen molar-refractivity contribution >= 4 is 22.8 Å². The molecule has 1 heterocycles. The number of H-pyrrole nitrogens is 1. The summed E-state index contributed by atoms with van der Waals surface area (Å²) in [6, 6.07) is 16.0. The van der Waals surface area contributed by atoms with Crippen molar-refractivity contribution in [2.24, 2.45) is 0 Å². The van der Waals surface area contributed by atoms with Gasteiger partial charge < -0.3 is 15.2 Å². The van der Waals surface area contributed by atoms with Crippen molar-refractivity contribution in [3.8, 4) is 0 Å². The van der Waals surface area contributed by atoms with Crippen LogP contribution in [-0.2, 0) is 17.9 Å². The Morgan fingerprint density at radius 2 is 1.79 bits per heavy atom. The predicted octanol–water partition coefficient (Wildman–Crippen LogP) is -0.0362. The fourth-order valence-corrected chi connectivity index (χ4v) is 2.83. The first-order valence-corrected chi connectivity index (χ1v) is 8.92. The zero-order chi connectivity index (χ0) is 19.9. The summed E-state index contributed by atoms with van der Waals surface area (Å²) in [5.74, 6) is 0.0775. The smallest absolute Gasteiger partial charge is 0.321 e. The second-order valence-corrected chi connectivity index (χ2v) is 6.56. The minimum atomic E-state index is -0.543. The average Bonchev–Trinajstić information content (AvgIpc) is 2.67. The van der Waals surface area contributed by atoms with E-state index in [-0.39, 0.29) is 12.1 Å². The van der Waals surface area contributed by atoms with Gasteiger partial charge in [-0.3, -0.25) is 14.9 Å². The van der Waals surface area contributed by atoms with Crippen molar-refractivity contribution in [2.45, 2.75) is 13.1 Å². The van der Waals surface area contributed by atoms with Crippen LogP contribution in [0.15, 0.2) is 59.4 Å². The van der Waals surface area contributed by atoms with Crippen molar-refractivity contribution in [3.63, 3.8) is 0 Å². The summed E-state index contributed by atoms with van der Waals surface area (Å²) in [7, 11) is 1.79. The van der Waals surface area contributed by atoms with Gasteiger partial charge in [0, 0.05) is 6.54 Å². The van der Waals surface area contributed by atoms with Gasteiger partial charge in [0.1, 0.15) is 6.54 Å². The van der Waals surface area contributed by atoms with Crippen LogP contribution in [0, 0.1) is 0 Å². The molecule has 3 amide bonds. The van der Waals surface area contributed by atoms with Gasteiger partial charge in [-0.2, -0.15) is 0 Å². The minimum absolute atomic E-state index is 0.0648. The van der Waals surface area contributed by atoms with E-state index in [0.29, 0.717) is 29.8 Å². The van der Waals surface area contributed by atoms with Crippen LogP contribution in [0.2, 0.25) is 0 Å². The highest BCUT2D eigenvalue weighted by Crippen LogP contribution is 2.04. The Morgan fingerprint density at radius 3 is 2.57 bits per heavy atom. The summed E-state index contributed by atoms with van der Waals surface area (Å²) < 4.78 is 0. The van der Waals surface area contributed by atoms with Crippen LogP contribution >= 0.6 is 0 Å². The molecule has 4 N–H and O–H groups in total. The Morgan fingerprint density at radius 1 is 1.07 bits per heavy atom. The summed E-state index contributed by atoms with van der Waals surface area (Å²) in [5, 5.41) is 5.47. The third-order valence-corrected chi connectivity index (χ3v) is 4.14. The lowest BCUT2D eigenvalue weighted by molar-refractivity contribution is -0.886. The van der Waals surface area contributed by atoms with Crippen molar-refractivity contribution in [2.75, 3.05) is 13.6 Å². The standard InChI is InChI=1S/C20H21N5O3/c1-25(12-17-22-16-10-6-5-9-15(16)19(27)23-17)13-18(26)24-20(28)21-11-14-7-3-2-4-8-14/h2-10H,11-13H2,1H3,(H,22,23,27)(H2,21,24,26,28)/p+1. The van der Waals surface area contributed by atoms with E-state index in [0.717, 1.165) is 10.5 Å². The maximum atomic E-state index is 12.1. The fraction of sp³-hybridized carbons (Fsp3) is 0.200. The maximum absolute atomic E-state index is 12.1. The van der Waals surface area contributed by atoms with Gasteiger partial charge in [0.15, 0.2) is 12.4 Å². The number of rotatable bonds is 6. The molecule has 0 saturated heterocycles. The molecule has 0 aliphatic heterocycles. The second-order valence-electron chi connectivity index (χ2n) is 6.56. The molecule has 0 fully saturated rings. The minimum Gasteiger partial charge on any atom is -0.334 e. The summed E-state index contributed by atoms with van der Waals surface area (Å²) >= 11 is 0. The first-order chi connectivity index (χ1) is 13.5. The van der Waals surface area contributed by atoms with Crippen molar-refractivity contribution in [3.05, 3.63) is 76.3 Å². The van der Waals surface area contributed by atoms with Gasteiger partial charge in [-0.25, -0.2) is 9.78 Å². The third kappa shape index (κ3) is 5.24. The molecule has 28 heavy (non-hydrogen) atoms. The van der Waals surface area contributed by atoms with E-state index < -0.39 is 11.9 Å². The number of carbonyl (C=O) groups excluding carboxylic acids is 2. The molecule has 2 aromatic carbocycles. The summed E-state index contributed by atoms with van der Waals surface area (Å²) in [6.07, 6.45) is 0. The summed E-state index contributed by atoms with van der Waals surface area (Å²) in [5.41, 5.74) is 1.34. The molecule has 0 radical (unpaired) electrons. The number of para-hydroxylation sites is 1. The van der Waals surface area contributed by atoms with E-state index in [1.165, 1.54) is 0 Å². The number of imide groups is 1. The Balaban J connectivity index is 1.50. The molecule has 1 atom stereocenters.